The van der Waals surface area contributed by atoms with E-state index in [2.05, 4.69) is 4.99 Å². The average molecular weight is 451 g/mol. The van der Waals surface area contributed by atoms with Gasteiger partial charge in [-0.05, 0) is 20.1 Å². The van der Waals surface area contributed by atoms with E-state index in [0.717, 1.165) is 0 Å². The van der Waals surface area contributed by atoms with Crippen LogP contribution in [0.5, 0.6) is 0 Å². The minimum Gasteiger partial charge on any atom is -0.463 e. The summed E-state index contributed by atoms with van der Waals surface area (Å²) in [7, 11) is 1.48. The van der Waals surface area contributed by atoms with Crippen molar-refractivity contribution >= 4 is 35.1 Å². The number of esters is 2. The number of para-hydroxylation sites is 1. The topological polar surface area (TPSA) is 117 Å². The number of nitro groups is 1. The summed E-state index contributed by atoms with van der Waals surface area (Å²) in [6, 6.07) is 6.04. The van der Waals surface area contributed by atoms with Gasteiger partial charge in [-0.2, -0.15) is 11.8 Å². The van der Waals surface area contributed by atoms with Crippen molar-refractivity contribution in [2.75, 3.05) is 38.9 Å². The van der Waals surface area contributed by atoms with Crippen LogP contribution in [0.2, 0.25) is 0 Å². The van der Waals surface area contributed by atoms with Gasteiger partial charge < -0.3 is 14.2 Å². The summed E-state index contributed by atoms with van der Waals surface area (Å²) in [4.78, 5) is 41.5. The van der Waals surface area contributed by atoms with E-state index in [1.54, 1.807) is 26.0 Å². The van der Waals surface area contributed by atoms with E-state index in [9.17, 15) is 19.7 Å². The van der Waals surface area contributed by atoms with Crippen LogP contribution in [0.15, 0.2) is 40.5 Å². The summed E-state index contributed by atoms with van der Waals surface area (Å²) in [6.45, 7) is 3.65. The highest BCUT2D eigenvalue weighted by atomic mass is 32.2. The maximum Gasteiger partial charge on any atom is 0.336 e. The third-order valence-corrected chi connectivity index (χ3v) is 5.40. The van der Waals surface area contributed by atoms with Gasteiger partial charge in [-0.15, -0.1) is 0 Å². The number of benzene rings is 1. The highest BCUT2D eigenvalue weighted by molar-refractivity contribution is 7.98. The molecule has 0 spiro atoms. The van der Waals surface area contributed by atoms with Crippen LogP contribution in [0.1, 0.15) is 25.3 Å². The van der Waals surface area contributed by atoms with Gasteiger partial charge in [-0.3, -0.25) is 19.9 Å². The zero-order valence-electron chi connectivity index (χ0n) is 18.0. The predicted octanol–water partition coefficient (Wildman–Crippen LogP) is 3.14. The van der Waals surface area contributed by atoms with Gasteiger partial charge in [0.1, 0.15) is 19.1 Å². The molecule has 0 saturated carbocycles. The molecule has 1 aliphatic rings. The van der Waals surface area contributed by atoms with Crippen molar-refractivity contribution in [2.45, 2.75) is 19.8 Å². The van der Waals surface area contributed by atoms with Crippen LogP contribution in [-0.2, 0) is 23.8 Å². The maximum atomic E-state index is 13.0. The van der Waals surface area contributed by atoms with Gasteiger partial charge in [0, 0.05) is 41.8 Å². The number of thioether (sulfide) groups is 1. The molecule has 1 aromatic rings. The molecule has 2 atom stereocenters. The molecule has 0 saturated heterocycles. The molecule has 31 heavy (non-hydrogen) atoms. The van der Waals surface area contributed by atoms with Crippen molar-refractivity contribution in [3.8, 4) is 0 Å². The number of nitrogens with zero attached hydrogens (tertiary/aromatic N) is 2. The highest BCUT2D eigenvalue weighted by Crippen LogP contribution is 2.43. The molecule has 1 aromatic carbocycles. The molecule has 168 valence electrons. The van der Waals surface area contributed by atoms with E-state index in [1.807, 2.05) is 6.26 Å². The molecule has 1 aliphatic heterocycles. The smallest absolute Gasteiger partial charge is 0.336 e. The SMILES string of the molecule is COCCOC(=O)C1C(C)=NC(C)=C(C(=O)OCCSC)[C@@H]1c1ccccc1[N+](=O)[O-]. The van der Waals surface area contributed by atoms with Crippen molar-refractivity contribution < 1.29 is 28.7 Å². The third kappa shape index (κ3) is 5.92. The largest absolute Gasteiger partial charge is 0.463 e. The van der Waals surface area contributed by atoms with E-state index in [-0.39, 0.29) is 36.6 Å². The number of carbonyl (C=O) groups is 2. The first-order valence-corrected chi connectivity index (χ1v) is 11.0. The number of rotatable bonds is 10. The van der Waals surface area contributed by atoms with Crippen LogP contribution in [0, 0.1) is 16.0 Å². The Hall–Kier alpha value is -2.72. The van der Waals surface area contributed by atoms with Crippen molar-refractivity contribution in [3.05, 3.63) is 51.2 Å². The second-order valence-electron chi connectivity index (χ2n) is 6.81. The number of aliphatic imine (C=N–C) groups is 1. The molecule has 0 N–H and O–H groups in total. The van der Waals surface area contributed by atoms with Crippen LogP contribution in [0.4, 0.5) is 5.69 Å². The fraction of sp³-hybridized carbons (Fsp3) is 0.476. The van der Waals surface area contributed by atoms with Crippen LogP contribution >= 0.6 is 11.8 Å². The van der Waals surface area contributed by atoms with E-state index < -0.39 is 28.7 Å². The average Bonchev–Trinajstić information content (AvgIpc) is 2.73. The molecule has 9 nitrogen and oxygen atoms in total. The number of hydrogen-bond donors (Lipinski definition) is 0. The lowest BCUT2D eigenvalue weighted by atomic mass is 9.75. The number of hydrogen-bond acceptors (Lipinski definition) is 9. The summed E-state index contributed by atoms with van der Waals surface area (Å²) in [5, 5.41) is 11.7. The van der Waals surface area contributed by atoms with Crippen molar-refractivity contribution in [1.29, 1.82) is 0 Å². The monoisotopic (exact) mass is 450 g/mol. The standard InChI is InChI=1S/C21H26N2O7S/c1-13-17(20(24)29-10-9-28-3)19(15-7-5-6-8-16(15)23(26)27)18(14(2)22-13)21(25)30-11-12-31-4/h5-8,17,19H,9-12H2,1-4H3/t17?,19-/m1/s1. The fourth-order valence-electron chi connectivity index (χ4n) is 3.47. The van der Waals surface area contributed by atoms with E-state index in [1.165, 1.54) is 31.0 Å². The van der Waals surface area contributed by atoms with Crippen LogP contribution in [0.25, 0.3) is 0 Å². The summed E-state index contributed by atoms with van der Waals surface area (Å²) in [6.07, 6.45) is 1.88. The van der Waals surface area contributed by atoms with Gasteiger partial charge in [-0.1, -0.05) is 18.2 Å². The van der Waals surface area contributed by atoms with Gasteiger partial charge in [0.25, 0.3) is 5.69 Å². The molecule has 0 fully saturated rings. The maximum absolute atomic E-state index is 13.0. The molecule has 2 rings (SSSR count). The quantitative estimate of drug-likeness (QED) is 0.231. The van der Waals surface area contributed by atoms with Crippen LogP contribution < -0.4 is 0 Å². The third-order valence-electron chi connectivity index (χ3n) is 4.82. The second kappa shape index (κ2) is 11.6. The summed E-state index contributed by atoms with van der Waals surface area (Å²) in [5.41, 5.74) is 0.917. The van der Waals surface area contributed by atoms with E-state index >= 15 is 0 Å². The first kappa shape index (κ1) is 24.5. The van der Waals surface area contributed by atoms with E-state index in [4.69, 9.17) is 14.2 Å². The Morgan fingerprint density at radius 1 is 1.16 bits per heavy atom. The molecular formula is C21H26N2O7S. The normalized spacial score (nSPS) is 18.4. The lowest BCUT2D eigenvalue weighted by molar-refractivity contribution is -0.385. The van der Waals surface area contributed by atoms with Crippen molar-refractivity contribution in [1.82, 2.24) is 0 Å². The number of nitro benzene ring substituents is 1. The summed E-state index contributed by atoms with van der Waals surface area (Å²) >= 11 is 1.52. The summed E-state index contributed by atoms with van der Waals surface area (Å²) < 4.78 is 15.6. The molecular weight excluding hydrogens is 424 g/mol. The highest BCUT2D eigenvalue weighted by Gasteiger charge is 2.44. The Bertz CT molecular complexity index is 897. The predicted molar refractivity (Wildman–Crippen MR) is 117 cm³/mol. The minimum atomic E-state index is -1.01. The fourth-order valence-corrected chi connectivity index (χ4v) is 3.72. The van der Waals surface area contributed by atoms with Crippen molar-refractivity contribution in [2.24, 2.45) is 10.9 Å². The Kier molecular flexibility index (Phi) is 9.20. The number of carbonyl (C=O) groups excluding carboxylic acids is 2. The summed E-state index contributed by atoms with van der Waals surface area (Å²) in [5.74, 6) is -2.66. The zero-order valence-corrected chi connectivity index (χ0v) is 18.8. The van der Waals surface area contributed by atoms with Gasteiger partial charge in [0.2, 0.25) is 0 Å². The van der Waals surface area contributed by atoms with Crippen molar-refractivity contribution in [3.63, 3.8) is 0 Å². The van der Waals surface area contributed by atoms with Gasteiger partial charge in [-0.25, -0.2) is 4.79 Å². The first-order chi connectivity index (χ1) is 14.8. The Morgan fingerprint density at radius 3 is 2.52 bits per heavy atom. The Labute approximate surface area is 185 Å². The molecule has 1 unspecified atom stereocenters. The zero-order chi connectivity index (χ0) is 23.0. The molecule has 1 heterocycles. The van der Waals surface area contributed by atoms with E-state index in [0.29, 0.717) is 17.2 Å². The van der Waals surface area contributed by atoms with Gasteiger partial charge >= 0.3 is 11.9 Å². The minimum absolute atomic E-state index is 0.0128. The Balaban J connectivity index is 2.58. The van der Waals surface area contributed by atoms with Gasteiger partial charge in [0.05, 0.1) is 17.1 Å². The molecule has 0 aromatic heterocycles. The lowest BCUT2D eigenvalue weighted by Gasteiger charge is -2.31. The van der Waals surface area contributed by atoms with Gasteiger partial charge in [0.15, 0.2) is 0 Å². The molecule has 0 aliphatic carbocycles. The van der Waals surface area contributed by atoms with Crippen LogP contribution in [-0.4, -0.2) is 61.5 Å². The number of ether oxygens (including phenoxy) is 3. The van der Waals surface area contributed by atoms with Crippen LogP contribution in [0.3, 0.4) is 0 Å². The Morgan fingerprint density at radius 2 is 1.87 bits per heavy atom. The number of allylic oxidation sites excluding steroid dienone is 1. The second-order valence-corrected chi connectivity index (χ2v) is 7.80. The molecule has 0 bridgehead atoms. The molecule has 10 heteroatoms. The molecule has 0 radical (unpaired) electrons. The molecule has 0 amide bonds. The lowest BCUT2D eigenvalue weighted by Crippen LogP contribution is -2.37. The number of methoxy groups -OCH3 is 1. The first-order valence-electron chi connectivity index (χ1n) is 9.64.